The van der Waals surface area contributed by atoms with Crippen molar-refractivity contribution in [2.75, 3.05) is 18.0 Å². The van der Waals surface area contributed by atoms with Crippen molar-refractivity contribution in [3.05, 3.63) is 39.8 Å². The van der Waals surface area contributed by atoms with Crippen molar-refractivity contribution in [3.63, 3.8) is 0 Å². The summed E-state index contributed by atoms with van der Waals surface area (Å²) in [5, 5.41) is 19.0. The highest BCUT2D eigenvalue weighted by atomic mass is 16.4. The summed E-state index contributed by atoms with van der Waals surface area (Å²) in [6.45, 7) is 3.55. The number of nitrogens with one attached hydrogen (secondary N) is 1. The van der Waals surface area contributed by atoms with Crippen molar-refractivity contribution in [3.8, 4) is 17.1 Å². The van der Waals surface area contributed by atoms with Crippen molar-refractivity contribution in [1.82, 2.24) is 9.97 Å². The number of aromatic hydroxyl groups is 1. The Kier molecular flexibility index (Phi) is 3.77. The summed E-state index contributed by atoms with van der Waals surface area (Å²) in [6, 6.07) is 3.67. The van der Waals surface area contributed by atoms with Crippen molar-refractivity contribution in [2.24, 2.45) is 0 Å². The van der Waals surface area contributed by atoms with Gasteiger partial charge in [0.1, 0.15) is 5.75 Å². The predicted molar refractivity (Wildman–Crippen MR) is 85.1 cm³/mol. The van der Waals surface area contributed by atoms with Gasteiger partial charge < -0.3 is 20.1 Å². The topological polar surface area (TPSA) is 107 Å². The van der Waals surface area contributed by atoms with Gasteiger partial charge in [-0.25, -0.2) is 4.79 Å². The number of carbonyl (C=O) groups is 1. The molecule has 120 valence electrons. The first-order valence-electron chi connectivity index (χ1n) is 7.39. The van der Waals surface area contributed by atoms with Crippen LogP contribution in [0, 0.1) is 6.92 Å². The fourth-order valence-electron chi connectivity index (χ4n) is 2.83. The molecule has 3 heterocycles. The van der Waals surface area contributed by atoms with Crippen LogP contribution in [0.25, 0.3) is 11.4 Å². The van der Waals surface area contributed by atoms with E-state index in [9.17, 15) is 14.7 Å². The molecule has 0 aliphatic carbocycles. The molecule has 1 aliphatic rings. The number of hydrogen-bond acceptors (Lipinski definition) is 5. The average molecular weight is 315 g/mol. The molecule has 0 bridgehead atoms. The van der Waals surface area contributed by atoms with E-state index < -0.39 is 22.8 Å². The Hall–Kier alpha value is -2.83. The fourth-order valence-corrected chi connectivity index (χ4v) is 2.83. The van der Waals surface area contributed by atoms with Crippen LogP contribution in [-0.2, 0) is 0 Å². The molecule has 1 fully saturated rings. The Labute approximate surface area is 132 Å². The lowest BCUT2D eigenvalue weighted by Gasteiger charge is -2.17. The molecule has 1 aliphatic heterocycles. The van der Waals surface area contributed by atoms with Gasteiger partial charge in [-0.1, -0.05) is 0 Å². The summed E-state index contributed by atoms with van der Waals surface area (Å²) in [6.07, 6.45) is 4.05. The summed E-state index contributed by atoms with van der Waals surface area (Å²) < 4.78 is 0. The number of aromatic nitrogens is 2. The van der Waals surface area contributed by atoms with Gasteiger partial charge in [-0.3, -0.25) is 9.78 Å². The second kappa shape index (κ2) is 5.75. The zero-order chi connectivity index (χ0) is 16.6. The highest BCUT2D eigenvalue weighted by Crippen LogP contribution is 2.28. The lowest BCUT2D eigenvalue weighted by molar-refractivity contribution is 0.0691. The summed E-state index contributed by atoms with van der Waals surface area (Å²) in [5.41, 5.74) is 0.599. The molecule has 0 amide bonds. The number of aromatic amines is 1. The van der Waals surface area contributed by atoms with E-state index in [1.165, 1.54) is 12.8 Å². The van der Waals surface area contributed by atoms with Crippen LogP contribution in [0.3, 0.4) is 0 Å². The second-order valence-corrected chi connectivity index (χ2v) is 5.58. The van der Waals surface area contributed by atoms with E-state index in [1.54, 1.807) is 19.2 Å². The smallest absolute Gasteiger partial charge is 0.345 e. The highest BCUT2D eigenvalue weighted by molar-refractivity contribution is 5.91. The molecule has 3 N–H and O–H groups in total. The van der Waals surface area contributed by atoms with E-state index in [2.05, 4.69) is 14.9 Å². The van der Waals surface area contributed by atoms with Crippen molar-refractivity contribution in [2.45, 2.75) is 19.8 Å². The van der Waals surface area contributed by atoms with Gasteiger partial charge in [0.2, 0.25) is 0 Å². The standard InChI is InChI=1S/C16H17N3O4/c1-9-13(18-15(21)12(14(9)20)16(22)23)11-5-4-10(8-17-11)19-6-2-3-7-19/h4-5,8H,2-3,6-7H2,1H3,(H,22,23)(H2,18,20,21). The lowest BCUT2D eigenvalue weighted by Crippen LogP contribution is -2.20. The van der Waals surface area contributed by atoms with Gasteiger partial charge in [0.15, 0.2) is 5.56 Å². The van der Waals surface area contributed by atoms with Crippen LogP contribution in [0.15, 0.2) is 23.1 Å². The van der Waals surface area contributed by atoms with E-state index in [1.807, 2.05) is 6.07 Å². The minimum atomic E-state index is -1.46. The molecule has 2 aromatic heterocycles. The number of rotatable bonds is 3. The van der Waals surface area contributed by atoms with Crippen LogP contribution in [0.4, 0.5) is 5.69 Å². The van der Waals surface area contributed by atoms with Crippen LogP contribution in [0.1, 0.15) is 28.8 Å². The van der Waals surface area contributed by atoms with Crippen LogP contribution in [0.5, 0.6) is 5.75 Å². The zero-order valence-corrected chi connectivity index (χ0v) is 12.7. The molecule has 1 saturated heterocycles. The predicted octanol–water partition coefficient (Wildman–Crippen LogP) is 1.75. The van der Waals surface area contributed by atoms with Gasteiger partial charge in [-0.2, -0.15) is 0 Å². The van der Waals surface area contributed by atoms with Crippen molar-refractivity contribution >= 4 is 11.7 Å². The highest BCUT2D eigenvalue weighted by Gasteiger charge is 2.21. The maximum Gasteiger partial charge on any atom is 0.345 e. The summed E-state index contributed by atoms with van der Waals surface area (Å²) in [5.74, 6) is -1.99. The third-order valence-electron chi connectivity index (χ3n) is 4.12. The summed E-state index contributed by atoms with van der Waals surface area (Å²) in [4.78, 5) is 32.0. The first-order valence-corrected chi connectivity index (χ1v) is 7.39. The number of hydrogen-bond donors (Lipinski definition) is 3. The molecular formula is C16H17N3O4. The minimum absolute atomic E-state index is 0.281. The largest absolute Gasteiger partial charge is 0.506 e. The molecule has 0 radical (unpaired) electrons. The molecule has 0 spiro atoms. The molecule has 0 atom stereocenters. The van der Waals surface area contributed by atoms with Gasteiger partial charge in [-0.05, 0) is 31.9 Å². The Balaban J connectivity index is 2.02. The van der Waals surface area contributed by atoms with Gasteiger partial charge in [0.05, 0.1) is 23.3 Å². The quantitative estimate of drug-likeness (QED) is 0.796. The van der Waals surface area contributed by atoms with Crippen LogP contribution in [0.2, 0.25) is 0 Å². The molecule has 3 rings (SSSR count). The molecule has 2 aromatic rings. The van der Waals surface area contributed by atoms with E-state index in [0.717, 1.165) is 18.8 Å². The Morgan fingerprint density at radius 2 is 2.00 bits per heavy atom. The van der Waals surface area contributed by atoms with E-state index >= 15 is 0 Å². The maximum atomic E-state index is 11.9. The van der Waals surface area contributed by atoms with Crippen LogP contribution in [-0.4, -0.2) is 39.2 Å². The Bertz CT molecular complexity index is 805. The Morgan fingerprint density at radius 1 is 1.30 bits per heavy atom. The van der Waals surface area contributed by atoms with Crippen LogP contribution >= 0.6 is 0 Å². The number of nitrogens with zero attached hydrogens (tertiary/aromatic N) is 2. The minimum Gasteiger partial charge on any atom is -0.506 e. The average Bonchev–Trinajstić information content (AvgIpc) is 3.05. The number of pyridine rings is 2. The molecule has 7 nitrogen and oxygen atoms in total. The lowest BCUT2D eigenvalue weighted by atomic mass is 10.1. The molecule has 0 unspecified atom stereocenters. The van der Waals surface area contributed by atoms with Crippen LogP contribution < -0.4 is 10.5 Å². The monoisotopic (exact) mass is 315 g/mol. The fraction of sp³-hybridized carbons (Fsp3) is 0.312. The zero-order valence-electron chi connectivity index (χ0n) is 12.7. The molecule has 23 heavy (non-hydrogen) atoms. The number of anilines is 1. The van der Waals surface area contributed by atoms with Gasteiger partial charge in [0, 0.05) is 18.7 Å². The molecule has 0 saturated carbocycles. The first-order chi connectivity index (χ1) is 11.0. The molecule has 0 aromatic carbocycles. The number of carboxylic acids is 1. The van der Waals surface area contributed by atoms with Gasteiger partial charge in [-0.15, -0.1) is 0 Å². The molecular weight excluding hydrogens is 298 g/mol. The first kappa shape index (κ1) is 15.1. The summed E-state index contributed by atoms with van der Waals surface area (Å²) >= 11 is 0. The third-order valence-corrected chi connectivity index (χ3v) is 4.12. The number of H-pyrrole nitrogens is 1. The second-order valence-electron chi connectivity index (χ2n) is 5.58. The van der Waals surface area contributed by atoms with Gasteiger partial charge in [0.25, 0.3) is 5.56 Å². The third kappa shape index (κ3) is 2.65. The number of aromatic carboxylic acids is 1. The summed E-state index contributed by atoms with van der Waals surface area (Å²) in [7, 11) is 0. The van der Waals surface area contributed by atoms with E-state index in [-0.39, 0.29) is 5.56 Å². The molecule has 7 heteroatoms. The normalized spacial score (nSPS) is 14.2. The number of carboxylic acid groups (broad SMARTS) is 1. The van der Waals surface area contributed by atoms with E-state index in [4.69, 9.17) is 5.11 Å². The SMILES string of the molecule is Cc1c(-c2ccc(N3CCCC3)cn2)[nH]c(=O)c(C(=O)O)c1O. The van der Waals surface area contributed by atoms with Crippen molar-refractivity contribution in [1.29, 1.82) is 0 Å². The van der Waals surface area contributed by atoms with Gasteiger partial charge >= 0.3 is 5.97 Å². The Morgan fingerprint density at radius 3 is 2.57 bits per heavy atom. The maximum absolute atomic E-state index is 11.9. The van der Waals surface area contributed by atoms with Crippen molar-refractivity contribution < 1.29 is 15.0 Å². The van der Waals surface area contributed by atoms with E-state index in [0.29, 0.717) is 11.4 Å².